The van der Waals surface area contributed by atoms with Gasteiger partial charge in [0.05, 0.1) is 6.10 Å². The van der Waals surface area contributed by atoms with Gasteiger partial charge >= 0.3 is 0 Å². The largest absolute Gasteiger partial charge is 0.388 e. The highest BCUT2D eigenvalue weighted by Gasteiger charge is 2.24. The second-order valence-corrected chi connectivity index (χ2v) is 6.22. The summed E-state index contributed by atoms with van der Waals surface area (Å²) in [4.78, 5) is 0. The predicted octanol–water partition coefficient (Wildman–Crippen LogP) is 5.47. The van der Waals surface area contributed by atoms with Gasteiger partial charge in [-0.2, -0.15) is 0 Å². The van der Waals surface area contributed by atoms with Crippen LogP contribution in [0.2, 0.25) is 0 Å². The molecule has 114 valence electrons. The molecular weight excluding hydrogens is 268 g/mol. The van der Waals surface area contributed by atoms with Gasteiger partial charge in [0, 0.05) is 0 Å². The van der Waals surface area contributed by atoms with Crippen LogP contribution in [0.15, 0.2) is 54.6 Å². The maximum absolute atomic E-state index is 10.8. The van der Waals surface area contributed by atoms with Crippen LogP contribution in [0.3, 0.4) is 0 Å². The fourth-order valence-corrected chi connectivity index (χ4v) is 3.39. The van der Waals surface area contributed by atoms with Gasteiger partial charge < -0.3 is 5.11 Å². The van der Waals surface area contributed by atoms with Gasteiger partial charge in [0.25, 0.3) is 0 Å². The maximum atomic E-state index is 10.8. The first-order chi connectivity index (χ1) is 10.8. The summed E-state index contributed by atoms with van der Waals surface area (Å²) in [5, 5.41) is 10.8. The average Bonchev–Trinajstić information content (AvgIpc) is 2.61. The zero-order valence-corrected chi connectivity index (χ0v) is 13.0. The maximum Gasteiger partial charge on any atom is 0.0823 e. The Morgan fingerprint density at radius 2 is 1.50 bits per heavy atom. The highest BCUT2D eigenvalue weighted by atomic mass is 16.3. The normalized spacial score (nSPS) is 17.7. The van der Waals surface area contributed by atoms with Crippen molar-refractivity contribution in [2.24, 2.45) is 5.92 Å². The number of aliphatic hydroxyl groups excluding tert-OH is 1. The van der Waals surface area contributed by atoms with E-state index >= 15 is 0 Å². The summed E-state index contributed by atoms with van der Waals surface area (Å²) < 4.78 is 0. The lowest BCUT2D eigenvalue weighted by molar-refractivity contribution is 0.0847. The molecule has 1 heteroatoms. The van der Waals surface area contributed by atoms with E-state index < -0.39 is 0 Å². The molecule has 3 rings (SSSR count). The van der Waals surface area contributed by atoms with Crippen molar-refractivity contribution in [3.8, 4) is 0 Å². The highest BCUT2D eigenvalue weighted by molar-refractivity contribution is 5.71. The van der Waals surface area contributed by atoms with Crippen LogP contribution in [0.25, 0.3) is 12.2 Å². The monoisotopic (exact) mass is 292 g/mol. The van der Waals surface area contributed by atoms with Gasteiger partial charge in [0.1, 0.15) is 0 Å². The van der Waals surface area contributed by atoms with E-state index in [-0.39, 0.29) is 6.10 Å². The van der Waals surface area contributed by atoms with Crippen molar-refractivity contribution in [2.75, 3.05) is 0 Å². The number of hydrogen-bond donors (Lipinski definition) is 1. The van der Waals surface area contributed by atoms with E-state index in [0.717, 1.165) is 24.0 Å². The van der Waals surface area contributed by atoms with Crippen molar-refractivity contribution in [1.82, 2.24) is 0 Å². The van der Waals surface area contributed by atoms with Crippen LogP contribution >= 0.6 is 0 Å². The lowest BCUT2D eigenvalue weighted by atomic mass is 9.81. The minimum atomic E-state index is -0.336. The molecule has 1 nitrogen and oxygen atoms in total. The van der Waals surface area contributed by atoms with Gasteiger partial charge in [-0.25, -0.2) is 0 Å². The van der Waals surface area contributed by atoms with E-state index in [0.29, 0.717) is 5.92 Å². The fraction of sp³-hybridized carbons (Fsp3) is 0.333. The molecule has 0 spiro atoms. The molecule has 0 amide bonds. The van der Waals surface area contributed by atoms with E-state index in [4.69, 9.17) is 0 Å². The number of hydrogen-bond acceptors (Lipinski definition) is 1. The second kappa shape index (κ2) is 7.42. The Kier molecular flexibility index (Phi) is 5.07. The predicted molar refractivity (Wildman–Crippen MR) is 93.3 cm³/mol. The molecule has 0 aliphatic heterocycles. The fourth-order valence-electron chi connectivity index (χ4n) is 3.39. The quantitative estimate of drug-likeness (QED) is 0.741. The smallest absolute Gasteiger partial charge is 0.0823 e. The molecule has 1 N–H and O–H groups in total. The van der Waals surface area contributed by atoms with Crippen LogP contribution in [0.5, 0.6) is 0 Å². The van der Waals surface area contributed by atoms with Crippen molar-refractivity contribution in [2.45, 2.75) is 38.2 Å². The minimum absolute atomic E-state index is 0.336. The summed E-state index contributed by atoms with van der Waals surface area (Å²) in [5.74, 6) is 0.417. The van der Waals surface area contributed by atoms with E-state index in [9.17, 15) is 5.11 Å². The average molecular weight is 292 g/mol. The van der Waals surface area contributed by atoms with Crippen LogP contribution in [0.1, 0.15) is 54.9 Å². The van der Waals surface area contributed by atoms with Crippen LogP contribution < -0.4 is 0 Å². The molecule has 1 unspecified atom stereocenters. The van der Waals surface area contributed by atoms with Gasteiger partial charge in [-0.3, -0.25) is 0 Å². The summed E-state index contributed by atoms with van der Waals surface area (Å²) in [6.45, 7) is 0. The van der Waals surface area contributed by atoms with Crippen LogP contribution in [-0.2, 0) is 0 Å². The van der Waals surface area contributed by atoms with Crippen LogP contribution in [0, 0.1) is 5.92 Å². The molecule has 1 aliphatic rings. The first kappa shape index (κ1) is 15.1. The Labute approximate surface area is 133 Å². The molecule has 0 heterocycles. The topological polar surface area (TPSA) is 20.2 Å². The Hall–Kier alpha value is -1.86. The summed E-state index contributed by atoms with van der Waals surface area (Å²) in [6, 6.07) is 18.5. The van der Waals surface area contributed by atoms with Crippen LogP contribution in [0.4, 0.5) is 0 Å². The van der Waals surface area contributed by atoms with Crippen molar-refractivity contribution in [3.05, 3.63) is 71.3 Å². The number of aliphatic hydroxyl groups is 1. The molecule has 22 heavy (non-hydrogen) atoms. The minimum Gasteiger partial charge on any atom is -0.388 e. The number of rotatable bonds is 4. The molecule has 1 fully saturated rings. The van der Waals surface area contributed by atoms with Crippen LogP contribution in [-0.4, -0.2) is 5.11 Å². The second-order valence-electron chi connectivity index (χ2n) is 6.22. The first-order valence-corrected chi connectivity index (χ1v) is 8.35. The van der Waals surface area contributed by atoms with E-state index in [1.54, 1.807) is 0 Å². The molecule has 1 atom stereocenters. The Bertz CT molecular complexity index is 609. The third kappa shape index (κ3) is 3.66. The van der Waals surface area contributed by atoms with Gasteiger partial charge in [-0.05, 0) is 35.4 Å². The van der Waals surface area contributed by atoms with Crippen molar-refractivity contribution in [3.63, 3.8) is 0 Å². The SMILES string of the molecule is OC(c1ccccc1C=Cc1ccccc1)C1CCCCC1. The summed E-state index contributed by atoms with van der Waals surface area (Å²) >= 11 is 0. The van der Waals surface area contributed by atoms with E-state index in [2.05, 4.69) is 36.4 Å². The summed E-state index contributed by atoms with van der Waals surface area (Å²) in [6.07, 6.45) is 10.0. The summed E-state index contributed by atoms with van der Waals surface area (Å²) in [5.41, 5.74) is 3.38. The first-order valence-electron chi connectivity index (χ1n) is 8.35. The van der Waals surface area contributed by atoms with Gasteiger partial charge in [-0.1, -0.05) is 86.0 Å². The molecular formula is C21H24O. The van der Waals surface area contributed by atoms with Crippen molar-refractivity contribution >= 4 is 12.2 Å². The lowest BCUT2D eigenvalue weighted by Crippen LogP contribution is -2.16. The Balaban J connectivity index is 1.81. The Morgan fingerprint density at radius 1 is 0.818 bits per heavy atom. The summed E-state index contributed by atoms with van der Waals surface area (Å²) in [7, 11) is 0. The lowest BCUT2D eigenvalue weighted by Gasteiger charge is -2.27. The molecule has 1 saturated carbocycles. The van der Waals surface area contributed by atoms with Gasteiger partial charge in [-0.15, -0.1) is 0 Å². The van der Waals surface area contributed by atoms with E-state index in [1.807, 2.05) is 30.3 Å². The molecule has 2 aromatic rings. The molecule has 0 radical (unpaired) electrons. The van der Waals surface area contributed by atoms with Crippen molar-refractivity contribution < 1.29 is 5.11 Å². The molecule has 1 aliphatic carbocycles. The van der Waals surface area contributed by atoms with Crippen molar-refractivity contribution in [1.29, 1.82) is 0 Å². The standard InChI is InChI=1S/C21H24O/c22-21(19-12-5-2-6-13-19)20-14-8-7-11-18(20)16-15-17-9-3-1-4-10-17/h1,3-4,7-11,14-16,19,21-22H,2,5-6,12-13H2. The molecule has 0 aromatic heterocycles. The van der Waals surface area contributed by atoms with Gasteiger partial charge in [0.15, 0.2) is 0 Å². The third-order valence-electron chi connectivity index (χ3n) is 4.67. The number of benzene rings is 2. The third-order valence-corrected chi connectivity index (χ3v) is 4.67. The molecule has 0 bridgehead atoms. The molecule has 2 aromatic carbocycles. The highest BCUT2D eigenvalue weighted by Crippen LogP contribution is 2.35. The van der Waals surface area contributed by atoms with Gasteiger partial charge in [0.2, 0.25) is 0 Å². The zero-order valence-electron chi connectivity index (χ0n) is 13.0. The van der Waals surface area contributed by atoms with E-state index in [1.165, 1.54) is 24.8 Å². The molecule has 0 saturated heterocycles. The Morgan fingerprint density at radius 3 is 2.27 bits per heavy atom. The zero-order chi connectivity index (χ0) is 15.2.